The third-order valence-electron chi connectivity index (χ3n) is 5.06. The normalized spacial score (nSPS) is 13.8. The second kappa shape index (κ2) is 13.2. The van der Waals surface area contributed by atoms with E-state index in [-0.39, 0.29) is 17.7 Å². The number of rotatable bonds is 12. The van der Waals surface area contributed by atoms with Crippen molar-refractivity contribution >= 4 is 40.8 Å². The minimum atomic E-state index is -0.771. The second-order valence-corrected chi connectivity index (χ2v) is 10.2. The first-order chi connectivity index (χ1) is 15.3. The zero-order valence-corrected chi connectivity index (χ0v) is 20.2. The van der Waals surface area contributed by atoms with Crippen molar-refractivity contribution in [2.45, 2.75) is 36.9 Å². The lowest BCUT2D eigenvalue weighted by atomic mass is 9.84. The predicted octanol–water partition coefficient (Wildman–Crippen LogP) is 3.10. The molecule has 0 spiro atoms. The number of carbonyl (C=O) groups is 3. The van der Waals surface area contributed by atoms with Crippen LogP contribution in [0.5, 0.6) is 0 Å². The molecular weight excluding hydrogens is 446 g/mol. The van der Waals surface area contributed by atoms with Crippen LogP contribution in [-0.2, 0) is 20.8 Å². The van der Waals surface area contributed by atoms with E-state index in [1.807, 2.05) is 61.7 Å². The van der Waals surface area contributed by atoms with Gasteiger partial charge in [0, 0.05) is 19.2 Å². The molecule has 2 aromatic rings. The van der Waals surface area contributed by atoms with E-state index in [4.69, 9.17) is 0 Å². The van der Waals surface area contributed by atoms with Crippen LogP contribution in [0.25, 0.3) is 0 Å². The van der Waals surface area contributed by atoms with Crippen LogP contribution in [0.3, 0.4) is 0 Å². The van der Waals surface area contributed by atoms with Crippen LogP contribution < -0.4 is 16.1 Å². The number of thioether (sulfide) groups is 1. The fourth-order valence-electron chi connectivity index (χ4n) is 3.45. The fraction of sp³-hybridized carbons (Fsp3) is 0.435. The SMILES string of the molecule is CNC(=O)C(Cc1ccccc1)NC(=O)C(CC(C)C)[C@H](CSc1cccs1)C(=O)NO. The van der Waals surface area contributed by atoms with Crippen LogP contribution in [-0.4, -0.2) is 41.8 Å². The molecule has 1 aromatic carbocycles. The van der Waals surface area contributed by atoms with Gasteiger partial charge in [-0.15, -0.1) is 23.1 Å². The van der Waals surface area contributed by atoms with Crippen LogP contribution in [0.15, 0.2) is 52.1 Å². The smallest absolute Gasteiger partial charge is 0.248 e. The summed E-state index contributed by atoms with van der Waals surface area (Å²) in [5.74, 6) is -2.26. The summed E-state index contributed by atoms with van der Waals surface area (Å²) in [7, 11) is 1.53. The molecule has 174 valence electrons. The highest BCUT2D eigenvalue weighted by atomic mass is 32.2. The van der Waals surface area contributed by atoms with Crippen molar-refractivity contribution in [3.8, 4) is 0 Å². The number of amides is 3. The maximum absolute atomic E-state index is 13.4. The summed E-state index contributed by atoms with van der Waals surface area (Å²) in [5, 5.41) is 16.7. The molecule has 0 aliphatic heterocycles. The third kappa shape index (κ3) is 7.96. The minimum Gasteiger partial charge on any atom is -0.357 e. The molecule has 9 heteroatoms. The standard InChI is InChI=1S/C23H31N3O4S2/c1-15(2)12-17(18(22(28)26-30)14-32-20-10-7-11-31-20)21(27)25-19(23(29)24-3)13-16-8-5-4-6-9-16/h4-11,15,17-19,30H,12-14H2,1-3H3,(H,24,29)(H,25,27)(H,26,28)/t17?,18-,19?/m0/s1. The lowest BCUT2D eigenvalue weighted by molar-refractivity contribution is -0.140. The molecule has 1 heterocycles. The van der Waals surface area contributed by atoms with Crippen molar-refractivity contribution in [3.63, 3.8) is 0 Å². The largest absolute Gasteiger partial charge is 0.357 e. The number of thiophene rings is 1. The molecule has 7 nitrogen and oxygen atoms in total. The van der Waals surface area contributed by atoms with Gasteiger partial charge in [-0.3, -0.25) is 19.6 Å². The Kier molecular flexibility index (Phi) is 10.7. The molecule has 0 saturated carbocycles. The van der Waals surface area contributed by atoms with E-state index >= 15 is 0 Å². The maximum Gasteiger partial charge on any atom is 0.248 e. The molecule has 2 rings (SSSR count). The third-order valence-corrected chi connectivity index (χ3v) is 7.31. The molecule has 3 amide bonds. The van der Waals surface area contributed by atoms with Gasteiger partial charge in [0.1, 0.15) is 6.04 Å². The van der Waals surface area contributed by atoms with Gasteiger partial charge in [0.15, 0.2) is 0 Å². The van der Waals surface area contributed by atoms with Crippen LogP contribution in [0.1, 0.15) is 25.8 Å². The van der Waals surface area contributed by atoms with E-state index in [1.54, 1.807) is 16.8 Å². The molecule has 0 saturated heterocycles. The number of nitrogens with one attached hydrogen (secondary N) is 3. The average Bonchev–Trinajstić information content (AvgIpc) is 3.31. The lowest BCUT2D eigenvalue weighted by Gasteiger charge is -2.28. The molecule has 3 atom stereocenters. The first-order valence-electron chi connectivity index (χ1n) is 10.5. The van der Waals surface area contributed by atoms with Gasteiger partial charge in [-0.2, -0.15) is 0 Å². The van der Waals surface area contributed by atoms with E-state index in [2.05, 4.69) is 10.6 Å². The first kappa shape index (κ1) is 25.9. The zero-order valence-electron chi connectivity index (χ0n) is 18.5. The summed E-state index contributed by atoms with van der Waals surface area (Å²) in [4.78, 5) is 38.4. The molecule has 0 aliphatic rings. The summed E-state index contributed by atoms with van der Waals surface area (Å²) >= 11 is 3.02. The monoisotopic (exact) mass is 477 g/mol. The zero-order chi connectivity index (χ0) is 23.5. The summed E-state index contributed by atoms with van der Waals surface area (Å²) in [6, 6.07) is 12.5. The van der Waals surface area contributed by atoms with Crippen molar-refractivity contribution in [2.24, 2.45) is 17.8 Å². The number of carbonyl (C=O) groups excluding carboxylic acids is 3. The van der Waals surface area contributed by atoms with Crippen LogP contribution in [0, 0.1) is 17.8 Å². The Morgan fingerprint density at radius 1 is 1.00 bits per heavy atom. The summed E-state index contributed by atoms with van der Waals surface area (Å²) in [6.45, 7) is 3.95. The maximum atomic E-state index is 13.4. The van der Waals surface area contributed by atoms with Gasteiger partial charge in [0.25, 0.3) is 0 Å². The summed E-state index contributed by atoms with van der Waals surface area (Å²) in [6.07, 6.45) is 0.780. The number of hydrogen-bond donors (Lipinski definition) is 4. The number of hydroxylamine groups is 1. The van der Waals surface area contributed by atoms with Gasteiger partial charge < -0.3 is 10.6 Å². The van der Waals surface area contributed by atoms with Crippen molar-refractivity contribution in [1.82, 2.24) is 16.1 Å². The highest BCUT2D eigenvalue weighted by Crippen LogP contribution is 2.31. The molecule has 2 unspecified atom stereocenters. The highest BCUT2D eigenvalue weighted by molar-refractivity contribution is 8.01. The lowest BCUT2D eigenvalue weighted by Crippen LogP contribution is -2.51. The van der Waals surface area contributed by atoms with Gasteiger partial charge in [-0.05, 0) is 29.3 Å². The van der Waals surface area contributed by atoms with E-state index in [1.165, 1.54) is 18.8 Å². The van der Waals surface area contributed by atoms with E-state index in [0.717, 1.165) is 9.77 Å². The van der Waals surface area contributed by atoms with Crippen molar-refractivity contribution in [3.05, 3.63) is 53.4 Å². The molecule has 4 N–H and O–H groups in total. The molecule has 0 radical (unpaired) electrons. The predicted molar refractivity (Wildman–Crippen MR) is 128 cm³/mol. The van der Waals surface area contributed by atoms with Crippen LogP contribution in [0.2, 0.25) is 0 Å². The fourth-order valence-corrected chi connectivity index (χ4v) is 5.44. The van der Waals surface area contributed by atoms with Crippen LogP contribution in [0.4, 0.5) is 0 Å². The molecular formula is C23H31N3O4S2. The number of benzene rings is 1. The molecule has 0 aliphatic carbocycles. The second-order valence-electron chi connectivity index (χ2n) is 7.93. The highest BCUT2D eigenvalue weighted by Gasteiger charge is 2.36. The molecule has 32 heavy (non-hydrogen) atoms. The number of likely N-dealkylation sites (N-methyl/N-ethyl adjacent to an activating group) is 1. The Labute approximate surface area is 197 Å². The summed E-state index contributed by atoms with van der Waals surface area (Å²) < 4.78 is 1.02. The minimum absolute atomic E-state index is 0.138. The molecule has 1 aromatic heterocycles. The quantitative estimate of drug-likeness (QED) is 0.213. The molecule has 0 bridgehead atoms. The van der Waals surface area contributed by atoms with Gasteiger partial charge in [0.2, 0.25) is 17.7 Å². The summed E-state index contributed by atoms with van der Waals surface area (Å²) in [5.41, 5.74) is 2.64. The van der Waals surface area contributed by atoms with Crippen molar-refractivity contribution in [1.29, 1.82) is 0 Å². The van der Waals surface area contributed by atoms with Crippen molar-refractivity contribution in [2.75, 3.05) is 12.8 Å². The van der Waals surface area contributed by atoms with E-state index < -0.39 is 23.8 Å². The Morgan fingerprint density at radius 3 is 2.28 bits per heavy atom. The van der Waals surface area contributed by atoms with Gasteiger partial charge in [-0.25, -0.2) is 5.48 Å². The van der Waals surface area contributed by atoms with E-state index in [0.29, 0.717) is 18.6 Å². The van der Waals surface area contributed by atoms with E-state index in [9.17, 15) is 19.6 Å². The van der Waals surface area contributed by atoms with Gasteiger partial charge in [-0.1, -0.05) is 50.2 Å². The van der Waals surface area contributed by atoms with Gasteiger partial charge >= 0.3 is 0 Å². The van der Waals surface area contributed by atoms with Crippen LogP contribution >= 0.6 is 23.1 Å². The van der Waals surface area contributed by atoms with Gasteiger partial charge in [0.05, 0.1) is 16.0 Å². The first-order valence-corrected chi connectivity index (χ1v) is 12.4. The Bertz CT molecular complexity index is 859. The Morgan fingerprint density at radius 2 is 1.72 bits per heavy atom. The average molecular weight is 478 g/mol. The number of hydrogen-bond acceptors (Lipinski definition) is 6. The van der Waals surface area contributed by atoms with Crippen molar-refractivity contribution < 1.29 is 19.6 Å². The molecule has 0 fully saturated rings. The Balaban J connectivity index is 2.23. The Hall–Kier alpha value is -2.36. The topological polar surface area (TPSA) is 108 Å².